The van der Waals surface area contributed by atoms with Crippen molar-refractivity contribution < 1.29 is 9.47 Å². The number of rotatable bonds is 4. The van der Waals surface area contributed by atoms with E-state index in [1.54, 1.807) is 7.11 Å². The van der Waals surface area contributed by atoms with Crippen LogP contribution in [0.15, 0.2) is 24.3 Å². The Labute approximate surface area is 110 Å². The Morgan fingerprint density at radius 2 is 2.22 bits per heavy atom. The van der Waals surface area contributed by atoms with Gasteiger partial charge < -0.3 is 9.47 Å². The fraction of sp³-hybridized carbons (Fsp3) is 0.600. The summed E-state index contributed by atoms with van der Waals surface area (Å²) in [7, 11) is 1.70. The Hall–Kier alpha value is -1.06. The number of morpholine rings is 1. The van der Waals surface area contributed by atoms with Crippen LogP contribution in [0.25, 0.3) is 0 Å². The molecule has 0 saturated carbocycles. The van der Waals surface area contributed by atoms with Crippen LogP contribution in [0.5, 0.6) is 5.75 Å². The van der Waals surface area contributed by atoms with E-state index in [-0.39, 0.29) is 6.10 Å². The van der Waals surface area contributed by atoms with Gasteiger partial charge in [0.1, 0.15) is 5.75 Å². The summed E-state index contributed by atoms with van der Waals surface area (Å²) in [6.45, 7) is 7.53. The first-order chi connectivity index (χ1) is 8.72. The zero-order valence-electron chi connectivity index (χ0n) is 11.6. The molecular weight excluding hydrogens is 226 g/mol. The molecule has 0 spiro atoms. The minimum Gasteiger partial charge on any atom is -0.497 e. The Morgan fingerprint density at radius 1 is 1.39 bits per heavy atom. The summed E-state index contributed by atoms with van der Waals surface area (Å²) in [6.07, 6.45) is 1.65. The highest BCUT2D eigenvalue weighted by Crippen LogP contribution is 2.27. The van der Waals surface area contributed by atoms with Gasteiger partial charge in [-0.05, 0) is 37.6 Å². The molecule has 1 aromatic carbocycles. The molecule has 0 aliphatic carbocycles. The van der Waals surface area contributed by atoms with Gasteiger partial charge in [-0.2, -0.15) is 0 Å². The van der Waals surface area contributed by atoms with Gasteiger partial charge in [-0.25, -0.2) is 0 Å². The molecule has 2 rings (SSSR count). The van der Waals surface area contributed by atoms with Crippen molar-refractivity contribution in [1.29, 1.82) is 0 Å². The van der Waals surface area contributed by atoms with E-state index in [1.807, 2.05) is 12.1 Å². The SMILES string of the molecule is CCCN1CC(C)OC(c2cccc(OC)c2)C1. The normalized spacial score (nSPS) is 25.1. The van der Waals surface area contributed by atoms with Crippen LogP contribution in [-0.4, -0.2) is 37.7 Å². The lowest BCUT2D eigenvalue weighted by Gasteiger charge is -2.37. The van der Waals surface area contributed by atoms with Crippen molar-refractivity contribution in [3.05, 3.63) is 29.8 Å². The molecule has 0 aromatic heterocycles. The molecule has 1 aliphatic rings. The molecule has 3 nitrogen and oxygen atoms in total. The number of methoxy groups -OCH3 is 1. The Bertz CT molecular complexity index is 381. The summed E-state index contributed by atoms with van der Waals surface area (Å²) in [5.74, 6) is 0.899. The van der Waals surface area contributed by atoms with Crippen LogP contribution >= 0.6 is 0 Å². The van der Waals surface area contributed by atoms with E-state index in [9.17, 15) is 0 Å². The predicted molar refractivity (Wildman–Crippen MR) is 73.0 cm³/mol. The second kappa shape index (κ2) is 6.21. The molecule has 0 radical (unpaired) electrons. The Balaban J connectivity index is 2.10. The summed E-state index contributed by atoms with van der Waals surface area (Å²) in [4.78, 5) is 2.48. The first-order valence-corrected chi connectivity index (χ1v) is 6.74. The molecule has 2 unspecified atom stereocenters. The van der Waals surface area contributed by atoms with E-state index in [2.05, 4.69) is 30.9 Å². The maximum absolute atomic E-state index is 6.05. The second-order valence-electron chi connectivity index (χ2n) is 4.97. The number of hydrogen-bond acceptors (Lipinski definition) is 3. The minimum atomic E-state index is 0.162. The van der Waals surface area contributed by atoms with E-state index in [0.29, 0.717) is 6.10 Å². The number of benzene rings is 1. The third-order valence-electron chi connectivity index (χ3n) is 3.34. The standard InChI is InChI=1S/C15H23NO2/c1-4-8-16-10-12(2)18-15(11-16)13-6-5-7-14(9-13)17-3/h5-7,9,12,15H,4,8,10-11H2,1-3H3. The molecule has 100 valence electrons. The maximum atomic E-state index is 6.05. The summed E-state index contributed by atoms with van der Waals surface area (Å²) in [5, 5.41) is 0. The molecule has 2 atom stereocenters. The molecule has 1 aliphatic heterocycles. The van der Waals surface area contributed by atoms with Crippen LogP contribution in [-0.2, 0) is 4.74 Å². The van der Waals surface area contributed by atoms with E-state index < -0.39 is 0 Å². The van der Waals surface area contributed by atoms with E-state index in [1.165, 1.54) is 12.0 Å². The van der Waals surface area contributed by atoms with Crippen LogP contribution in [0.4, 0.5) is 0 Å². The third-order valence-corrected chi connectivity index (χ3v) is 3.34. The quantitative estimate of drug-likeness (QED) is 0.819. The van der Waals surface area contributed by atoms with Gasteiger partial charge in [-0.3, -0.25) is 4.90 Å². The molecule has 1 saturated heterocycles. The van der Waals surface area contributed by atoms with Crippen molar-refractivity contribution in [1.82, 2.24) is 4.90 Å². The van der Waals surface area contributed by atoms with Crippen LogP contribution in [0, 0.1) is 0 Å². The van der Waals surface area contributed by atoms with Crippen molar-refractivity contribution in [2.75, 3.05) is 26.7 Å². The Morgan fingerprint density at radius 3 is 2.94 bits per heavy atom. The molecular formula is C15H23NO2. The highest BCUT2D eigenvalue weighted by molar-refractivity contribution is 5.30. The van der Waals surface area contributed by atoms with Gasteiger partial charge in [0.25, 0.3) is 0 Å². The van der Waals surface area contributed by atoms with Gasteiger partial charge in [-0.15, -0.1) is 0 Å². The summed E-state index contributed by atoms with van der Waals surface area (Å²) in [6, 6.07) is 8.20. The van der Waals surface area contributed by atoms with Gasteiger partial charge in [0.05, 0.1) is 19.3 Å². The molecule has 0 bridgehead atoms. The maximum Gasteiger partial charge on any atom is 0.119 e. The first kappa shape index (κ1) is 13.4. The molecule has 1 heterocycles. The van der Waals surface area contributed by atoms with Crippen LogP contribution < -0.4 is 4.74 Å². The fourth-order valence-electron chi connectivity index (χ4n) is 2.56. The van der Waals surface area contributed by atoms with Crippen LogP contribution in [0.2, 0.25) is 0 Å². The topological polar surface area (TPSA) is 21.7 Å². The fourth-order valence-corrected chi connectivity index (χ4v) is 2.56. The van der Waals surface area contributed by atoms with Crippen molar-refractivity contribution >= 4 is 0 Å². The van der Waals surface area contributed by atoms with Crippen LogP contribution in [0.1, 0.15) is 31.9 Å². The highest BCUT2D eigenvalue weighted by Gasteiger charge is 2.25. The van der Waals surface area contributed by atoms with Gasteiger partial charge in [0.2, 0.25) is 0 Å². The molecule has 18 heavy (non-hydrogen) atoms. The predicted octanol–water partition coefficient (Wildman–Crippen LogP) is 2.87. The number of ether oxygens (including phenoxy) is 2. The summed E-state index contributed by atoms with van der Waals surface area (Å²) in [5.41, 5.74) is 1.21. The van der Waals surface area contributed by atoms with Crippen molar-refractivity contribution in [2.24, 2.45) is 0 Å². The van der Waals surface area contributed by atoms with Crippen molar-refractivity contribution in [2.45, 2.75) is 32.5 Å². The first-order valence-electron chi connectivity index (χ1n) is 6.74. The van der Waals surface area contributed by atoms with E-state index in [4.69, 9.17) is 9.47 Å². The highest BCUT2D eigenvalue weighted by atomic mass is 16.5. The zero-order valence-corrected chi connectivity index (χ0v) is 11.6. The van der Waals surface area contributed by atoms with E-state index >= 15 is 0 Å². The Kier molecular flexibility index (Phi) is 4.61. The number of nitrogens with zero attached hydrogens (tertiary/aromatic N) is 1. The molecule has 1 aromatic rings. The minimum absolute atomic E-state index is 0.162. The largest absolute Gasteiger partial charge is 0.497 e. The van der Waals surface area contributed by atoms with Gasteiger partial charge in [-0.1, -0.05) is 19.1 Å². The molecule has 1 fully saturated rings. The lowest BCUT2D eigenvalue weighted by Crippen LogP contribution is -2.43. The van der Waals surface area contributed by atoms with Gasteiger partial charge >= 0.3 is 0 Å². The average Bonchev–Trinajstić information content (AvgIpc) is 2.38. The smallest absolute Gasteiger partial charge is 0.119 e. The number of hydrogen-bond donors (Lipinski definition) is 0. The average molecular weight is 249 g/mol. The van der Waals surface area contributed by atoms with Crippen LogP contribution in [0.3, 0.4) is 0 Å². The zero-order chi connectivity index (χ0) is 13.0. The summed E-state index contributed by atoms with van der Waals surface area (Å²) < 4.78 is 11.3. The van der Waals surface area contributed by atoms with Gasteiger partial charge in [0, 0.05) is 13.1 Å². The van der Waals surface area contributed by atoms with Crippen molar-refractivity contribution in [3.8, 4) is 5.75 Å². The molecule has 0 N–H and O–H groups in total. The molecule has 3 heteroatoms. The lowest BCUT2D eigenvalue weighted by atomic mass is 10.1. The summed E-state index contributed by atoms with van der Waals surface area (Å²) >= 11 is 0. The van der Waals surface area contributed by atoms with Crippen molar-refractivity contribution in [3.63, 3.8) is 0 Å². The third kappa shape index (κ3) is 3.24. The lowest BCUT2D eigenvalue weighted by molar-refractivity contribution is -0.0788. The molecule has 0 amide bonds. The second-order valence-corrected chi connectivity index (χ2v) is 4.97. The van der Waals surface area contributed by atoms with E-state index in [0.717, 1.165) is 25.4 Å². The van der Waals surface area contributed by atoms with Gasteiger partial charge in [0.15, 0.2) is 0 Å². The monoisotopic (exact) mass is 249 g/mol.